The molecule has 4 fully saturated rings. The second-order valence-electron chi connectivity index (χ2n) is 6.95. The quantitative estimate of drug-likeness (QED) is 0.474. The van der Waals surface area contributed by atoms with Gasteiger partial charge in [-0.3, -0.25) is 4.79 Å². The first-order valence-corrected chi connectivity index (χ1v) is 6.91. The van der Waals surface area contributed by atoms with Crippen molar-refractivity contribution in [3.63, 3.8) is 0 Å². The molecule has 0 amide bonds. The highest BCUT2D eigenvalue weighted by molar-refractivity contribution is 5.75. The highest BCUT2D eigenvalue weighted by Gasteiger charge is 2.66. The van der Waals surface area contributed by atoms with E-state index in [-0.39, 0.29) is 18.0 Å². The van der Waals surface area contributed by atoms with Crippen molar-refractivity contribution in [1.29, 1.82) is 0 Å². The number of rotatable bonds is 0. The topological polar surface area (TPSA) is 26.3 Å². The third-order valence-corrected chi connectivity index (χ3v) is 6.27. The van der Waals surface area contributed by atoms with E-state index in [9.17, 15) is 4.79 Å². The Morgan fingerprint density at radius 1 is 1.41 bits per heavy atom. The number of fused-ring (bicyclic) bond motifs is 4. The maximum atomic E-state index is 11.7. The van der Waals surface area contributed by atoms with Crippen molar-refractivity contribution >= 4 is 5.97 Å². The van der Waals surface area contributed by atoms with Gasteiger partial charge in [0.05, 0.1) is 5.92 Å². The Bertz CT molecular complexity index is 427. The van der Waals surface area contributed by atoms with E-state index in [0.29, 0.717) is 17.3 Å². The number of carbonyl (C=O) groups excluding carboxylic acids is 1. The Morgan fingerprint density at radius 2 is 2.18 bits per heavy atom. The number of ether oxygens (including phenoxy) is 1. The number of hydrogen-bond acceptors (Lipinski definition) is 2. The fourth-order valence-electron chi connectivity index (χ4n) is 5.08. The molecule has 4 rings (SSSR count). The average molecular weight is 232 g/mol. The highest BCUT2D eigenvalue weighted by Crippen LogP contribution is 2.72. The molecule has 2 nitrogen and oxygen atoms in total. The average Bonchev–Trinajstić information content (AvgIpc) is 2.99. The summed E-state index contributed by atoms with van der Waals surface area (Å²) in [5.74, 6) is 2.89. The molecule has 0 N–H and O–H groups in total. The van der Waals surface area contributed by atoms with E-state index in [1.54, 1.807) is 0 Å². The molecule has 17 heavy (non-hydrogen) atoms. The number of carbonyl (C=O) groups is 1. The number of allylic oxidation sites excluding steroid dienone is 1. The summed E-state index contributed by atoms with van der Waals surface area (Å²) in [5.41, 5.74) is 1.87. The molecule has 1 heterocycles. The van der Waals surface area contributed by atoms with Crippen LogP contribution in [0.1, 0.15) is 33.1 Å². The Balaban J connectivity index is 1.69. The van der Waals surface area contributed by atoms with Crippen LogP contribution in [0.2, 0.25) is 0 Å². The molecule has 3 aliphatic carbocycles. The van der Waals surface area contributed by atoms with Crippen molar-refractivity contribution in [2.45, 2.75) is 39.2 Å². The van der Waals surface area contributed by atoms with Gasteiger partial charge in [0.25, 0.3) is 0 Å². The lowest BCUT2D eigenvalue weighted by Crippen LogP contribution is -2.41. The van der Waals surface area contributed by atoms with Crippen LogP contribution in [0.15, 0.2) is 12.2 Å². The zero-order valence-corrected chi connectivity index (χ0v) is 10.6. The fraction of sp³-hybridized carbons (Fsp3) is 0.800. The van der Waals surface area contributed by atoms with Crippen molar-refractivity contribution in [2.24, 2.45) is 35.0 Å². The van der Waals surface area contributed by atoms with E-state index in [1.165, 1.54) is 12.0 Å². The van der Waals surface area contributed by atoms with Crippen molar-refractivity contribution in [3.8, 4) is 0 Å². The van der Waals surface area contributed by atoms with Crippen molar-refractivity contribution in [3.05, 3.63) is 12.2 Å². The van der Waals surface area contributed by atoms with E-state index >= 15 is 0 Å². The van der Waals surface area contributed by atoms with E-state index in [1.807, 2.05) is 6.92 Å². The molecule has 4 aliphatic rings. The molecule has 7 atom stereocenters. The largest absolute Gasteiger partial charge is 0.462 e. The van der Waals surface area contributed by atoms with Crippen LogP contribution in [-0.2, 0) is 9.53 Å². The maximum Gasteiger partial charge on any atom is 0.309 e. The molecule has 0 spiro atoms. The Hall–Kier alpha value is -0.790. The van der Waals surface area contributed by atoms with Gasteiger partial charge in [0.15, 0.2) is 0 Å². The van der Waals surface area contributed by atoms with Gasteiger partial charge >= 0.3 is 5.97 Å². The van der Waals surface area contributed by atoms with Crippen molar-refractivity contribution in [1.82, 2.24) is 0 Å². The second-order valence-corrected chi connectivity index (χ2v) is 6.95. The fourth-order valence-corrected chi connectivity index (χ4v) is 5.08. The Kier molecular flexibility index (Phi) is 1.66. The normalized spacial score (nSPS) is 59.4. The van der Waals surface area contributed by atoms with Crippen LogP contribution in [-0.4, -0.2) is 12.1 Å². The van der Waals surface area contributed by atoms with Crippen LogP contribution in [0.25, 0.3) is 0 Å². The summed E-state index contributed by atoms with van der Waals surface area (Å²) in [6.07, 6.45) is 3.76. The molecule has 7 unspecified atom stereocenters. The molecule has 3 saturated carbocycles. The minimum absolute atomic E-state index is 0.0292. The first kappa shape index (κ1) is 10.2. The smallest absolute Gasteiger partial charge is 0.309 e. The van der Waals surface area contributed by atoms with Crippen molar-refractivity contribution in [2.75, 3.05) is 0 Å². The second kappa shape index (κ2) is 2.78. The van der Waals surface area contributed by atoms with Crippen LogP contribution < -0.4 is 0 Å². The van der Waals surface area contributed by atoms with E-state index in [4.69, 9.17) is 4.74 Å². The van der Waals surface area contributed by atoms with Gasteiger partial charge in [-0.05, 0) is 42.4 Å². The molecule has 0 bridgehead atoms. The van der Waals surface area contributed by atoms with Gasteiger partial charge in [-0.2, -0.15) is 0 Å². The SMILES string of the molecule is C=C1C2CC2C2(C)CC3OC(=O)C(C)C3CC12. The summed E-state index contributed by atoms with van der Waals surface area (Å²) >= 11 is 0. The van der Waals surface area contributed by atoms with E-state index < -0.39 is 0 Å². The molecular formula is C15H20O2. The van der Waals surface area contributed by atoms with Gasteiger partial charge in [-0.15, -0.1) is 0 Å². The summed E-state index contributed by atoms with van der Waals surface area (Å²) in [7, 11) is 0. The lowest BCUT2D eigenvalue weighted by atomic mass is 9.60. The lowest BCUT2D eigenvalue weighted by molar-refractivity contribution is -0.145. The molecule has 0 radical (unpaired) electrons. The molecular weight excluding hydrogens is 212 g/mol. The zero-order valence-electron chi connectivity index (χ0n) is 10.6. The van der Waals surface area contributed by atoms with Crippen LogP contribution in [0.5, 0.6) is 0 Å². The van der Waals surface area contributed by atoms with E-state index in [0.717, 1.165) is 24.7 Å². The summed E-state index contributed by atoms with van der Waals surface area (Å²) < 4.78 is 5.58. The molecule has 2 heteroatoms. The summed E-state index contributed by atoms with van der Waals surface area (Å²) in [5, 5.41) is 0. The predicted molar refractivity (Wildman–Crippen MR) is 64.1 cm³/mol. The summed E-state index contributed by atoms with van der Waals surface area (Å²) in [6, 6.07) is 0. The molecule has 1 saturated heterocycles. The number of hydrogen-bond donors (Lipinski definition) is 0. The Morgan fingerprint density at radius 3 is 2.94 bits per heavy atom. The highest BCUT2D eigenvalue weighted by atomic mass is 16.6. The van der Waals surface area contributed by atoms with Crippen LogP contribution in [0, 0.1) is 35.0 Å². The maximum absolute atomic E-state index is 11.7. The first-order chi connectivity index (χ1) is 8.02. The molecule has 92 valence electrons. The molecule has 1 aliphatic heterocycles. The third-order valence-electron chi connectivity index (χ3n) is 6.27. The van der Waals surface area contributed by atoms with Gasteiger partial charge in [-0.25, -0.2) is 0 Å². The molecule has 0 aromatic rings. The van der Waals surface area contributed by atoms with Crippen molar-refractivity contribution < 1.29 is 9.53 Å². The third kappa shape index (κ3) is 1.05. The standard InChI is InChI=1S/C15H20O2/c1-7-9-4-12(9)15(3)6-13-10(5-11(7)15)8(2)14(16)17-13/h8-13H,1,4-6H2,2-3H3. The van der Waals surface area contributed by atoms with Gasteiger partial charge in [0, 0.05) is 5.92 Å². The van der Waals surface area contributed by atoms with Gasteiger partial charge in [0.2, 0.25) is 0 Å². The number of esters is 1. The monoisotopic (exact) mass is 232 g/mol. The first-order valence-electron chi connectivity index (χ1n) is 6.91. The van der Waals surface area contributed by atoms with E-state index in [2.05, 4.69) is 13.5 Å². The lowest BCUT2D eigenvalue weighted by Gasteiger charge is -2.44. The molecule has 0 aromatic carbocycles. The van der Waals surface area contributed by atoms with Gasteiger partial charge < -0.3 is 4.74 Å². The summed E-state index contributed by atoms with van der Waals surface area (Å²) in [6.45, 7) is 8.79. The summed E-state index contributed by atoms with van der Waals surface area (Å²) in [4.78, 5) is 11.7. The minimum atomic E-state index is 0.0292. The van der Waals surface area contributed by atoms with Gasteiger partial charge in [0.1, 0.15) is 6.10 Å². The minimum Gasteiger partial charge on any atom is -0.462 e. The zero-order chi connectivity index (χ0) is 11.9. The van der Waals surface area contributed by atoms with Crippen LogP contribution in [0.4, 0.5) is 0 Å². The van der Waals surface area contributed by atoms with Crippen LogP contribution >= 0.6 is 0 Å². The van der Waals surface area contributed by atoms with Gasteiger partial charge in [-0.1, -0.05) is 26.0 Å². The van der Waals surface area contributed by atoms with Crippen LogP contribution in [0.3, 0.4) is 0 Å². The predicted octanol–water partition coefficient (Wildman–Crippen LogP) is 2.79. The Labute approximate surface area is 102 Å². The molecule has 0 aromatic heterocycles.